The fraction of sp³-hybridized carbons (Fsp3) is 0.583. The van der Waals surface area contributed by atoms with E-state index in [4.69, 9.17) is 4.74 Å². The number of hydrogen-bond acceptors (Lipinski definition) is 4. The fourth-order valence-electron chi connectivity index (χ4n) is 2.22. The standard InChI is InChI=1S/C12H17BrN2O2S.ClH/c1-14-6-8-3-4-15(7-8)12(16)10-5-9(17-2)11(13)18-10;/h5,8,14H,3-4,6-7H2,1-2H3;1H. The van der Waals surface area contributed by atoms with Crippen LogP contribution in [0.25, 0.3) is 0 Å². The van der Waals surface area contributed by atoms with Crippen molar-refractivity contribution in [3.05, 3.63) is 14.7 Å². The first-order chi connectivity index (χ1) is 8.65. The van der Waals surface area contributed by atoms with Gasteiger partial charge in [-0.1, -0.05) is 0 Å². The number of rotatable bonds is 4. The van der Waals surface area contributed by atoms with Crippen molar-refractivity contribution in [3.8, 4) is 5.75 Å². The van der Waals surface area contributed by atoms with E-state index in [1.54, 1.807) is 7.11 Å². The number of likely N-dealkylation sites (tertiary alicyclic amines) is 1. The summed E-state index contributed by atoms with van der Waals surface area (Å²) in [5, 5.41) is 3.17. The van der Waals surface area contributed by atoms with Crippen LogP contribution in [0.4, 0.5) is 0 Å². The van der Waals surface area contributed by atoms with Crippen LogP contribution in [0.5, 0.6) is 5.75 Å². The minimum Gasteiger partial charge on any atom is -0.495 e. The quantitative estimate of drug-likeness (QED) is 0.887. The highest BCUT2D eigenvalue weighted by molar-refractivity contribution is 9.11. The van der Waals surface area contributed by atoms with Crippen LogP contribution in [-0.4, -0.2) is 44.6 Å². The monoisotopic (exact) mass is 368 g/mol. The predicted molar refractivity (Wildman–Crippen MR) is 83.8 cm³/mol. The molecule has 4 nitrogen and oxygen atoms in total. The number of carbonyl (C=O) groups is 1. The largest absolute Gasteiger partial charge is 0.495 e. The molecule has 1 atom stereocenters. The van der Waals surface area contributed by atoms with Gasteiger partial charge in [0.2, 0.25) is 0 Å². The lowest BCUT2D eigenvalue weighted by molar-refractivity contribution is 0.0792. The van der Waals surface area contributed by atoms with E-state index < -0.39 is 0 Å². The van der Waals surface area contributed by atoms with Crippen LogP contribution in [0.2, 0.25) is 0 Å². The Kier molecular flexibility index (Phi) is 6.59. The Morgan fingerprint density at radius 3 is 3.00 bits per heavy atom. The van der Waals surface area contributed by atoms with Gasteiger partial charge < -0.3 is 15.0 Å². The molecule has 0 aliphatic carbocycles. The molecule has 0 aromatic carbocycles. The molecule has 19 heavy (non-hydrogen) atoms. The minimum atomic E-state index is 0. The SMILES string of the molecule is CNCC1CCN(C(=O)c2cc(OC)c(Br)s2)C1.Cl. The maximum atomic E-state index is 12.3. The highest BCUT2D eigenvalue weighted by atomic mass is 79.9. The number of hydrogen-bond donors (Lipinski definition) is 1. The number of thiophene rings is 1. The van der Waals surface area contributed by atoms with Gasteiger partial charge in [0.25, 0.3) is 5.91 Å². The molecule has 1 aliphatic heterocycles. The fourth-order valence-corrected chi connectivity index (χ4v) is 3.84. The second kappa shape index (κ2) is 7.47. The van der Waals surface area contributed by atoms with Gasteiger partial charge in [-0.15, -0.1) is 23.7 Å². The number of nitrogens with one attached hydrogen (secondary N) is 1. The van der Waals surface area contributed by atoms with E-state index in [9.17, 15) is 4.79 Å². The Bertz CT molecular complexity index is 441. The van der Waals surface area contributed by atoms with E-state index in [2.05, 4.69) is 21.2 Å². The van der Waals surface area contributed by atoms with Crippen LogP contribution in [0.15, 0.2) is 9.85 Å². The van der Waals surface area contributed by atoms with Gasteiger partial charge in [0.05, 0.1) is 12.0 Å². The number of amides is 1. The summed E-state index contributed by atoms with van der Waals surface area (Å²) in [5.41, 5.74) is 0. The minimum absolute atomic E-state index is 0. The molecule has 1 unspecified atom stereocenters. The summed E-state index contributed by atoms with van der Waals surface area (Å²) in [5.74, 6) is 1.42. The zero-order valence-electron chi connectivity index (χ0n) is 10.9. The van der Waals surface area contributed by atoms with Crippen molar-refractivity contribution in [2.75, 3.05) is 33.8 Å². The molecule has 7 heteroatoms. The first kappa shape index (κ1) is 16.8. The molecule has 0 bridgehead atoms. The molecule has 1 fully saturated rings. The van der Waals surface area contributed by atoms with Crippen LogP contribution in [-0.2, 0) is 0 Å². The van der Waals surface area contributed by atoms with Gasteiger partial charge in [-0.3, -0.25) is 4.79 Å². The number of nitrogens with zero attached hydrogens (tertiary/aromatic N) is 1. The Hall–Kier alpha value is -0.300. The Morgan fingerprint density at radius 2 is 2.42 bits per heavy atom. The number of methoxy groups -OCH3 is 1. The molecule has 2 heterocycles. The van der Waals surface area contributed by atoms with Gasteiger partial charge in [0, 0.05) is 19.2 Å². The maximum Gasteiger partial charge on any atom is 0.264 e. The highest BCUT2D eigenvalue weighted by Gasteiger charge is 2.27. The lowest BCUT2D eigenvalue weighted by Gasteiger charge is -2.15. The molecule has 1 aromatic rings. The number of halogens is 2. The van der Waals surface area contributed by atoms with Crippen LogP contribution in [0.1, 0.15) is 16.1 Å². The van der Waals surface area contributed by atoms with Gasteiger partial charge in [-0.2, -0.15) is 0 Å². The van der Waals surface area contributed by atoms with E-state index >= 15 is 0 Å². The third kappa shape index (κ3) is 3.84. The topological polar surface area (TPSA) is 41.6 Å². The summed E-state index contributed by atoms with van der Waals surface area (Å²) in [6.07, 6.45) is 1.08. The smallest absolute Gasteiger partial charge is 0.264 e. The van der Waals surface area contributed by atoms with Gasteiger partial charge >= 0.3 is 0 Å². The second-order valence-corrected chi connectivity index (χ2v) is 6.79. The summed E-state index contributed by atoms with van der Waals surface area (Å²) in [7, 11) is 3.56. The summed E-state index contributed by atoms with van der Waals surface area (Å²) in [6, 6.07) is 1.81. The van der Waals surface area contributed by atoms with Gasteiger partial charge in [0.15, 0.2) is 0 Å². The van der Waals surface area contributed by atoms with Crippen molar-refractivity contribution in [2.45, 2.75) is 6.42 Å². The molecular formula is C12H18BrClN2O2S. The average Bonchev–Trinajstić information content (AvgIpc) is 2.95. The Labute approximate surface area is 132 Å². The molecule has 1 aromatic heterocycles. The normalized spacial score (nSPS) is 18.3. The third-order valence-electron chi connectivity index (χ3n) is 3.15. The Balaban J connectivity index is 0.00000180. The van der Waals surface area contributed by atoms with Crippen LogP contribution in [0.3, 0.4) is 0 Å². The number of carbonyl (C=O) groups excluding carboxylic acids is 1. The van der Waals surface area contributed by atoms with E-state index in [1.165, 1.54) is 11.3 Å². The lowest BCUT2D eigenvalue weighted by Crippen LogP contribution is -2.29. The summed E-state index contributed by atoms with van der Waals surface area (Å²) in [4.78, 5) is 15.0. The predicted octanol–water partition coefficient (Wildman–Crippen LogP) is 2.62. The lowest BCUT2D eigenvalue weighted by atomic mass is 10.1. The first-order valence-corrected chi connectivity index (χ1v) is 7.53. The zero-order valence-corrected chi connectivity index (χ0v) is 14.2. The van der Waals surface area contributed by atoms with Crippen molar-refractivity contribution in [1.82, 2.24) is 10.2 Å². The summed E-state index contributed by atoms with van der Waals surface area (Å²) in [6.45, 7) is 2.67. The maximum absolute atomic E-state index is 12.3. The average molecular weight is 370 g/mol. The van der Waals surface area contributed by atoms with Crippen molar-refractivity contribution in [1.29, 1.82) is 0 Å². The third-order valence-corrected chi connectivity index (χ3v) is 4.92. The van der Waals surface area contributed by atoms with Gasteiger partial charge in [-0.25, -0.2) is 0 Å². The van der Waals surface area contributed by atoms with E-state index in [0.29, 0.717) is 5.92 Å². The summed E-state index contributed by atoms with van der Waals surface area (Å²) < 4.78 is 6.06. The molecule has 0 saturated carbocycles. The van der Waals surface area contributed by atoms with Crippen molar-refractivity contribution in [3.63, 3.8) is 0 Å². The molecule has 1 amide bonds. The highest BCUT2D eigenvalue weighted by Crippen LogP contribution is 2.35. The van der Waals surface area contributed by atoms with Crippen molar-refractivity contribution < 1.29 is 9.53 Å². The van der Waals surface area contributed by atoms with Crippen molar-refractivity contribution in [2.24, 2.45) is 5.92 Å². The second-order valence-electron chi connectivity index (χ2n) is 4.42. The van der Waals surface area contributed by atoms with Crippen LogP contribution in [0, 0.1) is 5.92 Å². The molecule has 0 spiro atoms. The van der Waals surface area contributed by atoms with E-state index in [-0.39, 0.29) is 18.3 Å². The van der Waals surface area contributed by atoms with Gasteiger partial charge in [0.1, 0.15) is 9.54 Å². The molecule has 1 N–H and O–H groups in total. The molecule has 108 valence electrons. The summed E-state index contributed by atoms with van der Waals surface area (Å²) >= 11 is 4.84. The van der Waals surface area contributed by atoms with Crippen LogP contribution < -0.4 is 10.1 Å². The van der Waals surface area contributed by atoms with E-state index in [1.807, 2.05) is 18.0 Å². The molecule has 1 aliphatic rings. The molecule has 1 saturated heterocycles. The molecular weight excluding hydrogens is 352 g/mol. The number of ether oxygens (including phenoxy) is 1. The van der Waals surface area contributed by atoms with Gasteiger partial charge in [-0.05, 0) is 41.9 Å². The Morgan fingerprint density at radius 1 is 1.68 bits per heavy atom. The van der Waals surface area contributed by atoms with Crippen LogP contribution >= 0.6 is 39.7 Å². The molecule has 2 rings (SSSR count). The molecule has 0 radical (unpaired) electrons. The zero-order chi connectivity index (χ0) is 13.1. The van der Waals surface area contributed by atoms with Crippen molar-refractivity contribution >= 4 is 45.6 Å². The van der Waals surface area contributed by atoms with E-state index in [0.717, 1.165) is 40.5 Å². The first-order valence-electron chi connectivity index (χ1n) is 5.93.